The van der Waals surface area contributed by atoms with Crippen molar-refractivity contribution in [1.82, 2.24) is 10.2 Å². The van der Waals surface area contributed by atoms with E-state index in [1.165, 1.54) is 57.8 Å². The number of likely N-dealkylation sites (N-methyl/N-ethyl adjacent to an activating group) is 2. The maximum atomic E-state index is 3.61. The van der Waals surface area contributed by atoms with Crippen LogP contribution in [0.4, 0.5) is 0 Å². The number of rotatable bonds is 4. The monoisotopic (exact) mass is 280 g/mol. The molecule has 0 aliphatic heterocycles. The molecule has 2 nitrogen and oxygen atoms in total. The summed E-state index contributed by atoms with van der Waals surface area (Å²) >= 11 is 0. The lowest BCUT2D eigenvalue weighted by molar-refractivity contribution is 0.0681. The Kier molecular flexibility index (Phi) is 6.35. The largest absolute Gasteiger partial charge is 0.315 e. The fourth-order valence-electron chi connectivity index (χ4n) is 4.51. The summed E-state index contributed by atoms with van der Waals surface area (Å²) in [6.45, 7) is 4.82. The molecule has 0 spiro atoms. The van der Waals surface area contributed by atoms with E-state index in [0.29, 0.717) is 6.04 Å². The molecule has 0 aromatic carbocycles. The Balaban J connectivity index is 2.00. The molecule has 0 bridgehead atoms. The van der Waals surface area contributed by atoms with E-state index >= 15 is 0 Å². The molecule has 2 saturated carbocycles. The quantitative estimate of drug-likeness (QED) is 0.781. The lowest BCUT2D eigenvalue weighted by atomic mass is 9.76. The summed E-state index contributed by atoms with van der Waals surface area (Å²) in [6, 6.07) is 2.30. The molecule has 118 valence electrons. The molecule has 0 aromatic heterocycles. The molecule has 2 rings (SSSR count). The molecule has 0 heterocycles. The number of nitrogens with zero attached hydrogens (tertiary/aromatic N) is 1. The first-order chi connectivity index (χ1) is 9.63. The molecule has 0 radical (unpaired) electrons. The van der Waals surface area contributed by atoms with Crippen molar-refractivity contribution in [2.75, 3.05) is 14.1 Å². The van der Waals surface area contributed by atoms with Gasteiger partial charge in [0.15, 0.2) is 0 Å². The molecular formula is C18H36N2. The summed E-state index contributed by atoms with van der Waals surface area (Å²) in [7, 11) is 4.57. The number of hydrogen-bond acceptors (Lipinski definition) is 2. The van der Waals surface area contributed by atoms with Gasteiger partial charge in [0, 0.05) is 18.1 Å². The zero-order chi connectivity index (χ0) is 14.5. The van der Waals surface area contributed by atoms with Crippen LogP contribution in [0.25, 0.3) is 0 Å². The summed E-state index contributed by atoms with van der Waals surface area (Å²) in [6.07, 6.45) is 12.8. The topological polar surface area (TPSA) is 15.3 Å². The van der Waals surface area contributed by atoms with E-state index in [4.69, 9.17) is 0 Å². The van der Waals surface area contributed by atoms with E-state index in [1.54, 1.807) is 0 Å². The summed E-state index contributed by atoms with van der Waals surface area (Å²) < 4.78 is 0. The second kappa shape index (κ2) is 7.79. The van der Waals surface area contributed by atoms with Gasteiger partial charge in [0.25, 0.3) is 0 Å². The number of nitrogens with one attached hydrogen (secondary N) is 1. The lowest BCUT2D eigenvalue weighted by Gasteiger charge is -2.45. The van der Waals surface area contributed by atoms with E-state index in [-0.39, 0.29) is 0 Å². The van der Waals surface area contributed by atoms with Crippen molar-refractivity contribution in [2.24, 2.45) is 11.8 Å². The van der Waals surface area contributed by atoms with Gasteiger partial charge < -0.3 is 5.32 Å². The number of hydrogen-bond donors (Lipinski definition) is 1. The fraction of sp³-hybridized carbons (Fsp3) is 1.00. The third kappa shape index (κ3) is 3.98. The molecule has 2 aliphatic rings. The predicted molar refractivity (Wildman–Crippen MR) is 88.1 cm³/mol. The van der Waals surface area contributed by atoms with Crippen LogP contribution in [0.15, 0.2) is 0 Å². The van der Waals surface area contributed by atoms with Crippen LogP contribution in [0, 0.1) is 11.8 Å². The fourth-order valence-corrected chi connectivity index (χ4v) is 4.51. The zero-order valence-corrected chi connectivity index (χ0v) is 14.2. The highest BCUT2D eigenvalue weighted by atomic mass is 15.2. The van der Waals surface area contributed by atoms with Crippen LogP contribution in [0.3, 0.4) is 0 Å². The second-order valence-corrected chi connectivity index (χ2v) is 7.59. The van der Waals surface area contributed by atoms with Crippen molar-refractivity contribution in [3.8, 4) is 0 Å². The zero-order valence-electron chi connectivity index (χ0n) is 14.2. The first-order valence-electron chi connectivity index (χ1n) is 9.02. The van der Waals surface area contributed by atoms with E-state index < -0.39 is 0 Å². The summed E-state index contributed by atoms with van der Waals surface area (Å²) in [5.74, 6) is 1.77. The smallest absolute Gasteiger partial charge is 0.0251 e. The van der Waals surface area contributed by atoms with Gasteiger partial charge in [-0.15, -0.1) is 0 Å². The van der Waals surface area contributed by atoms with E-state index in [2.05, 4.69) is 38.2 Å². The average Bonchev–Trinajstić information content (AvgIpc) is 2.74. The van der Waals surface area contributed by atoms with Gasteiger partial charge in [0.2, 0.25) is 0 Å². The van der Waals surface area contributed by atoms with Gasteiger partial charge in [0.05, 0.1) is 0 Å². The van der Waals surface area contributed by atoms with Crippen molar-refractivity contribution in [3.63, 3.8) is 0 Å². The van der Waals surface area contributed by atoms with Crippen LogP contribution in [-0.4, -0.2) is 37.1 Å². The summed E-state index contributed by atoms with van der Waals surface area (Å²) in [4.78, 5) is 2.76. The molecule has 3 unspecified atom stereocenters. The first-order valence-corrected chi connectivity index (χ1v) is 9.02. The standard InChI is InChI=1S/C18H36N2/c1-14(2)15-11-12-17(19-3)18(13-15)20(4)16-9-7-5-6-8-10-16/h14-19H,5-13H2,1-4H3. The highest BCUT2D eigenvalue weighted by molar-refractivity contribution is 4.92. The van der Waals surface area contributed by atoms with Crippen molar-refractivity contribution in [2.45, 2.75) is 89.8 Å². The highest BCUT2D eigenvalue weighted by Gasteiger charge is 2.35. The third-order valence-corrected chi connectivity index (χ3v) is 6.09. The van der Waals surface area contributed by atoms with Gasteiger partial charge >= 0.3 is 0 Å². The van der Waals surface area contributed by atoms with Crippen LogP contribution in [0.1, 0.15) is 71.6 Å². The van der Waals surface area contributed by atoms with Crippen molar-refractivity contribution < 1.29 is 0 Å². The Morgan fingerprint density at radius 2 is 1.60 bits per heavy atom. The van der Waals surface area contributed by atoms with Gasteiger partial charge in [-0.1, -0.05) is 39.5 Å². The third-order valence-electron chi connectivity index (χ3n) is 6.09. The van der Waals surface area contributed by atoms with Crippen LogP contribution >= 0.6 is 0 Å². The highest BCUT2D eigenvalue weighted by Crippen LogP contribution is 2.34. The normalized spacial score (nSPS) is 33.6. The molecule has 2 aliphatic carbocycles. The minimum absolute atomic E-state index is 0.707. The Morgan fingerprint density at radius 1 is 0.950 bits per heavy atom. The second-order valence-electron chi connectivity index (χ2n) is 7.59. The maximum absolute atomic E-state index is 3.61. The SMILES string of the molecule is CNC1CCC(C(C)C)CC1N(C)C1CCCCCC1. The van der Waals surface area contributed by atoms with E-state index in [9.17, 15) is 0 Å². The molecule has 20 heavy (non-hydrogen) atoms. The van der Waals surface area contributed by atoms with Crippen LogP contribution in [0.2, 0.25) is 0 Å². The van der Waals surface area contributed by atoms with Gasteiger partial charge in [-0.05, 0) is 58.0 Å². The Hall–Kier alpha value is -0.0800. The Bertz CT molecular complexity index is 269. The molecule has 2 fully saturated rings. The lowest BCUT2D eigenvalue weighted by Crippen LogP contribution is -2.54. The minimum atomic E-state index is 0.707. The van der Waals surface area contributed by atoms with Gasteiger partial charge in [-0.3, -0.25) is 4.90 Å². The van der Waals surface area contributed by atoms with Crippen molar-refractivity contribution in [1.29, 1.82) is 0 Å². The van der Waals surface area contributed by atoms with Gasteiger partial charge in [-0.25, -0.2) is 0 Å². The van der Waals surface area contributed by atoms with E-state index in [1.807, 2.05) is 0 Å². The van der Waals surface area contributed by atoms with Crippen LogP contribution < -0.4 is 5.32 Å². The molecular weight excluding hydrogens is 244 g/mol. The molecule has 0 amide bonds. The maximum Gasteiger partial charge on any atom is 0.0251 e. The Morgan fingerprint density at radius 3 is 2.15 bits per heavy atom. The summed E-state index contributed by atoms with van der Waals surface area (Å²) in [5.41, 5.74) is 0. The molecule has 0 aromatic rings. The molecule has 0 saturated heterocycles. The average molecular weight is 280 g/mol. The molecule has 1 N–H and O–H groups in total. The van der Waals surface area contributed by atoms with Crippen LogP contribution in [-0.2, 0) is 0 Å². The van der Waals surface area contributed by atoms with Crippen LogP contribution in [0.5, 0.6) is 0 Å². The predicted octanol–water partition coefficient (Wildman–Crippen LogP) is 4.05. The first kappa shape index (κ1) is 16.3. The Labute approximate surface area is 126 Å². The molecule has 3 atom stereocenters. The van der Waals surface area contributed by atoms with Gasteiger partial charge in [-0.2, -0.15) is 0 Å². The van der Waals surface area contributed by atoms with E-state index in [0.717, 1.165) is 23.9 Å². The molecule has 2 heteroatoms. The minimum Gasteiger partial charge on any atom is -0.315 e. The van der Waals surface area contributed by atoms with Crippen molar-refractivity contribution in [3.05, 3.63) is 0 Å². The van der Waals surface area contributed by atoms with Gasteiger partial charge in [0.1, 0.15) is 0 Å². The summed E-state index contributed by atoms with van der Waals surface area (Å²) in [5, 5.41) is 3.61. The van der Waals surface area contributed by atoms with Crippen molar-refractivity contribution >= 4 is 0 Å².